The van der Waals surface area contributed by atoms with E-state index in [0.717, 1.165) is 18.7 Å². The molecule has 8 nitrogen and oxygen atoms in total. The molecule has 3 aromatic heterocycles. The summed E-state index contributed by atoms with van der Waals surface area (Å²) in [6.07, 6.45) is -0.673. The molecule has 0 aliphatic carbocycles. The molecule has 0 unspecified atom stereocenters. The van der Waals surface area contributed by atoms with Gasteiger partial charge in [-0.2, -0.15) is 23.5 Å². The molecule has 4 aromatic rings. The third-order valence-electron chi connectivity index (χ3n) is 6.49. The van der Waals surface area contributed by atoms with E-state index in [2.05, 4.69) is 15.1 Å². The maximum Gasteiger partial charge on any atom is 0.449 e. The highest BCUT2D eigenvalue weighted by Crippen LogP contribution is 2.39. The van der Waals surface area contributed by atoms with Crippen molar-refractivity contribution in [2.45, 2.75) is 31.0 Å². The lowest BCUT2D eigenvalue weighted by Crippen LogP contribution is -2.28. The first kappa shape index (κ1) is 24.6. The van der Waals surface area contributed by atoms with E-state index in [0.29, 0.717) is 29.7 Å². The molecule has 0 saturated carbocycles. The van der Waals surface area contributed by atoms with Crippen molar-refractivity contribution in [3.8, 4) is 17.3 Å². The number of nitrogens with zero attached hydrogens (tertiary/aromatic N) is 6. The Hall–Kier alpha value is -4.11. The minimum atomic E-state index is -4.92. The van der Waals surface area contributed by atoms with Crippen molar-refractivity contribution in [3.63, 3.8) is 0 Å². The van der Waals surface area contributed by atoms with E-state index >= 15 is 4.39 Å². The fourth-order valence-corrected chi connectivity index (χ4v) is 4.62. The summed E-state index contributed by atoms with van der Waals surface area (Å²) in [6.45, 7) is 0.383. The lowest BCUT2D eigenvalue weighted by atomic mass is 9.89. The second kappa shape index (κ2) is 9.08. The Morgan fingerprint density at radius 3 is 2.62 bits per heavy atom. The molecule has 190 valence electrons. The number of hydrogen-bond acceptors (Lipinski definition) is 6. The van der Waals surface area contributed by atoms with Crippen LogP contribution in [0.5, 0.6) is 0 Å². The van der Waals surface area contributed by atoms with Gasteiger partial charge < -0.3 is 4.74 Å². The molecule has 1 fully saturated rings. The molecule has 37 heavy (non-hydrogen) atoms. The molecule has 0 radical (unpaired) electrons. The monoisotopic (exact) mass is 512 g/mol. The lowest BCUT2D eigenvalue weighted by Gasteiger charge is -2.29. The van der Waals surface area contributed by atoms with E-state index in [1.165, 1.54) is 18.2 Å². The van der Waals surface area contributed by atoms with Crippen LogP contribution in [0, 0.1) is 17.1 Å². The van der Waals surface area contributed by atoms with E-state index in [1.54, 1.807) is 17.9 Å². The molecule has 12 heteroatoms. The lowest BCUT2D eigenvalue weighted by molar-refractivity contribution is -0.147. The van der Waals surface area contributed by atoms with E-state index < -0.39 is 23.4 Å². The second-order valence-corrected chi connectivity index (χ2v) is 8.92. The number of ether oxygens (including phenoxy) is 1. The fourth-order valence-electron chi connectivity index (χ4n) is 4.62. The number of halogens is 4. The van der Waals surface area contributed by atoms with Crippen molar-refractivity contribution in [1.29, 1.82) is 5.26 Å². The summed E-state index contributed by atoms with van der Waals surface area (Å²) in [5.74, 6) is -2.51. The first-order valence-electron chi connectivity index (χ1n) is 11.4. The van der Waals surface area contributed by atoms with Crippen LogP contribution in [-0.2, 0) is 25.0 Å². The highest BCUT2D eigenvalue weighted by molar-refractivity contribution is 5.91. The molecule has 2 atom stereocenters. The van der Waals surface area contributed by atoms with E-state index in [4.69, 9.17) is 10.00 Å². The summed E-state index contributed by atoms with van der Waals surface area (Å²) in [6, 6.07) is 6.81. The zero-order valence-electron chi connectivity index (χ0n) is 19.8. The molecule has 0 bridgehead atoms. The van der Waals surface area contributed by atoms with Crippen LogP contribution in [0.1, 0.15) is 47.5 Å². The SMILES string of the molecule is Cn1cc([C@H]2C[C@H](c3cc4c(=O)n(C)c(C(F)(F)F)nc4c(-c4ccc(C#N)cc4F)n3)CCO2)cn1. The predicted octanol–water partition coefficient (Wildman–Crippen LogP) is 4.39. The Bertz CT molecular complexity index is 1620. The average Bonchev–Trinajstić information content (AvgIpc) is 3.31. The predicted molar refractivity (Wildman–Crippen MR) is 124 cm³/mol. The van der Waals surface area contributed by atoms with Crippen molar-refractivity contribution in [2.75, 3.05) is 6.61 Å². The standard InChI is InChI=1S/C25H20F4N6O2/c1-34-12-15(11-31-34)20-8-14(5-6-37-20)19-9-17-22(33-24(25(27,28)29)35(2)23(17)36)21(32-19)16-4-3-13(10-30)7-18(16)26/h3-4,7,9,11-12,14,20H,5-6,8H2,1-2H3/t14-,20-/m1/s1. The van der Waals surface area contributed by atoms with Crippen LogP contribution in [0.4, 0.5) is 17.6 Å². The molecule has 0 spiro atoms. The second-order valence-electron chi connectivity index (χ2n) is 8.92. The summed E-state index contributed by atoms with van der Waals surface area (Å²) in [7, 11) is 2.78. The maximum atomic E-state index is 15.1. The van der Waals surface area contributed by atoms with Gasteiger partial charge in [0.2, 0.25) is 5.82 Å². The van der Waals surface area contributed by atoms with Gasteiger partial charge in [-0.25, -0.2) is 9.37 Å². The zero-order chi connectivity index (χ0) is 26.5. The summed E-state index contributed by atoms with van der Waals surface area (Å²) in [4.78, 5) is 21.4. The minimum Gasteiger partial charge on any atom is -0.373 e. The number of aryl methyl sites for hydroxylation is 1. The van der Waals surface area contributed by atoms with Gasteiger partial charge in [-0.1, -0.05) is 0 Å². The normalized spacial score (nSPS) is 18.2. The molecule has 1 saturated heterocycles. The van der Waals surface area contributed by atoms with Crippen molar-refractivity contribution >= 4 is 10.9 Å². The molecular formula is C25H20F4N6O2. The third kappa shape index (κ3) is 4.46. The maximum absolute atomic E-state index is 15.1. The highest BCUT2D eigenvalue weighted by Gasteiger charge is 2.37. The smallest absolute Gasteiger partial charge is 0.373 e. The van der Waals surface area contributed by atoms with Gasteiger partial charge >= 0.3 is 6.18 Å². The number of alkyl halides is 3. The topological polar surface area (TPSA) is 98.6 Å². The summed E-state index contributed by atoms with van der Waals surface area (Å²) >= 11 is 0. The third-order valence-corrected chi connectivity index (χ3v) is 6.49. The molecule has 5 rings (SSSR count). The molecule has 4 heterocycles. The number of benzene rings is 1. The molecule has 0 amide bonds. The van der Waals surface area contributed by atoms with E-state index in [1.807, 2.05) is 12.3 Å². The van der Waals surface area contributed by atoms with Crippen LogP contribution in [0.3, 0.4) is 0 Å². The Balaban J connectivity index is 1.72. The van der Waals surface area contributed by atoms with Crippen molar-refractivity contribution < 1.29 is 22.3 Å². The largest absolute Gasteiger partial charge is 0.449 e. The van der Waals surface area contributed by atoms with Gasteiger partial charge in [-0.05, 0) is 37.1 Å². The number of nitriles is 1. The van der Waals surface area contributed by atoms with Gasteiger partial charge in [-0.15, -0.1) is 0 Å². The first-order chi connectivity index (χ1) is 17.6. The van der Waals surface area contributed by atoms with Crippen LogP contribution >= 0.6 is 0 Å². The Morgan fingerprint density at radius 1 is 1.19 bits per heavy atom. The Morgan fingerprint density at radius 2 is 1.97 bits per heavy atom. The summed E-state index contributed by atoms with van der Waals surface area (Å²) in [5, 5.41) is 13.2. The van der Waals surface area contributed by atoms with Crippen LogP contribution < -0.4 is 5.56 Å². The van der Waals surface area contributed by atoms with Crippen LogP contribution in [-0.4, -0.2) is 30.9 Å². The van der Waals surface area contributed by atoms with Crippen LogP contribution in [0.2, 0.25) is 0 Å². The summed E-state index contributed by atoms with van der Waals surface area (Å²) in [5.41, 5.74) is -0.324. The van der Waals surface area contributed by atoms with Crippen molar-refractivity contribution in [1.82, 2.24) is 24.3 Å². The van der Waals surface area contributed by atoms with E-state index in [9.17, 15) is 18.0 Å². The number of rotatable bonds is 3. The van der Waals surface area contributed by atoms with Gasteiger partial charge in [0.1, 0.15) is 11.3 Å². The number of pyridine rings is 1. The van der Waals surface area contributed by atoms with Gasteiger partial charge in [0.05, 0.1) is 35.0 Å². The van der Waals surface area contributed by atoms with Crippen LogP contribution in [0.15, 0.2) is 41.5 Å². The first-order valence-corrected chi connectivity index (χ1v) is 11.4. The minimum absolute atomic E-state index is 0.0327. The number of aromatic nitrogens is 5. The molecular weight excluding hydrogens is 492 g/mol. The van der Waals surface area contributed by atoms with Gasteiger partial charge in [0, 0.05) is 49.6 Å². The fraction of sp³-hybridized carbons (Fsp3) is 0.320. The highest BCUT2D eigenvalue weighted by atomic mass is 19.4. The van der Waals surface area contributed by atoms with E-state index in [-0.39, 0.29) is 39.7 Å². The molecule has 0 N–H and O–H groups in total. The molecule has 1 aliphatic heterocycles. The molecule has 1 aromatic carbocycles. The Labute approximate surface area is 207 Å². The number of hydrogen-bond donors (Lipinski definition) is 0. The Kier molecular flexibility index (Phi) is 6.03. The summed E-state index contributed by atoms with van der Waals surface area (Å²) < 4.78 is 64.1. The zero-order valence-corrected chi connectivity index (χ0v) is 19.8. The number of fused-ring (bicyclic) bond motifs is 1. The van der Waals surface area contributed by atoms with Gasteiger partial charge in [-0.3, -0.25) is 19.0 Å². The quantitative estimate of drug-likeness (QED) is 0.378. The van der Waals surface area contributed by atoms with Crippen molar-refractivity contribution in [3.05, 3.63) is 75.5 Å². The van der Waals surface area contributed by atoms with Gasteiger partial charge in [0.15, 0.2) is 0 Å². The van der Waals surface area contributed by atoms with Crippen LogP contribution in [0.25, 0.3) is 22.2 Å². The average molecular weight is 512 g/mol. The van der Waals surface area contributed by atoms with Crippen molar-refractivity contribution in [2.24, 2.45) is 14.1 Å². The molecule has 1 aliphatic rings. The van der Waals surface area contributed by atoms with Gasteiger partial charge in [0.25, 0.3) is 5.56 Å².